The maximum Gasteiger partial charge on any atom is 0.351 e. The minimum atomic E-state index is -1.06. The summed E-state index contributed by atoms with van der Waals surface area (Å²) in [6.45, 7) is 1.45. The molecule has 0 bridgehead atoms. The third-order valence-corrected chi connectivity index (χ3v) is 4.18. The van der Waals surface area contributed by atoms with E-state index in [2.05, 4.69) is 5.32 Å². The summed E-state index contributed by atoms with van der Waals surface area (Å²) in [6, 6.07) is 11.6. The van der Waals surface area contributed by atoms with Crippen molar-refractivity contribution in [2.24, 2.45) is 0 Å². The van der Waals surface area contributed by atoms with Crippen LogP contribution >= 0.6 is 23.2 Å². The topological polar surface area (TPSA) is 73.9 Å². The molecule has 0 fully saturated rings. The number of hydrogen-bond donors (Lipinski definition) is 1. The number of halogens is 2. The van der Waals surface area contributed by atoms with Crippen LogP contribution in [0.4, 0.5) is 5.69 Å². The molecular weight excluding hydrogens is 381 g/mol. The van der Waals surface area contributed by atoms with Gasteiger partial charge in [0, 0.05) is 5.02 Å². The highest BCUT2D eigenvalue weighted by Crippen LogP contribution is 2.31. The summed E-state index contributed by atoms with van der Waals surface area (Å²) in [7, 11) is 0. The van der Waals surface area contributed by atoms with E-state index >= 15 is 0 Å². The molecule has 1 heterocycles. The summed E-state index contributed by atoms with van der Waals surface area (Å²) >= 11 is 11.9. The number of benzene rings is 2. The number of esters is 1. The molecule has 0 saturated heterocycles. The number of fused-ring (bicyclic) bond motifs is 1. The van der Waals surface area contributed by atoms with E-state index in [1.54, 1.807) is 36.4 Å². The van der Waals surface area contributed by atoms with E-state index < -0.39 is 24.1 Å². The van der Waals surface area contributed by atoms with E-state index in [0.717, 1.165) is 0 Å². The molecule has 0 radical (unpaired) electrons. The van der Waals surface area contributed by atoms with Crippen molar-refractivity contribution in [3.63, 3.8) is 0 Å². The predicted molar refractivity (Wildman–Crippen MR) is 97.0 cm³/mol. The highest BCUT2D eigenvalue weighted by Gasteiger charge is 2.31. The van der Waals surface area contributed by atoms with Crippen molar-refractivity contribution in [1.82, 2.24) is 0 Å². The summed E-state index contributed by atoms with van der Waals surface area (Å²) in [5, 5.41) is 3.31. The first kappa shape index (κ1) is 18.4. The van der Waals surface area contributed by atoms with Crippen LogP contribution in [-0.2, 0) is 14.3 Å². The number of amides is 1. The van der Waals surface area contributed by atoms with Crippen molar-refractivity contribution in [2.45, 2.75) is 19.1 Å². The van der Waals surface area contributed by atoms with Crippen molar-refractivity contribution in [3.05, 3.63) is 52.5 Å². The molecule has 0 saturated carbocycles. The molecular formula is C18H15Cl2NO5. The molecule has 1 aliphatic rings. The Morgan fingerprint density at radius 2 is 1.92 bits per heavy atom. The van der Waals surface area contributed by atoms with Crippen molar-refractivity contribution in [1.29, 1.82) is 0 Å². The van der Waals surface area contributed by atoms with Gasteiger partial charge < -0.3 is 19.5 Å². The van der Waals surface area contributed by atoms with E-state index in [-0.39, 0.29) is 6.61 Å². The van der Waals surface area contributed by atoms with E-state index in [1.807, 2.05) is 0 Å². The number of carbonyl (C=O) groups excluding carboxylic acids is 2. The zero-order chi connectivity index (χ0) is 18.7. The maximum atomic E-state index is 12.2. The van der Waals surface area contributed by atoms with Gasteiger partial charge >= 0.3 is 5.97 Å². The second kappa shape index (κ2) is 7.85. The fourth-order valence-corrected chi connectivity index (χ4v) is 2.60. The fraction of sp³-hybridized carbons (Fsp3) is 0.222. The summed E-state index contributed by atoms with van der Waals surface area (Å²) in [5.74, 6) is -0.236. The lowest BCUT2D eigenvalue weighted by molar-refractivity contribution is -0.162. The Morgan fingerprint density at radius 3 is 2.69 bits per heavy atom. The lowest BCUT2D eigenvalue weighted by Crippen LogP contribution is -2.41. The predicted octanol–water partition coefficient (Wildman–Crippen LogP) is 3.70. The van der Waals surface area contributed by atoms with E-state index in [0.29, 0.717) is 27.2 Å². The summed E-state index contributed by atoms with van der Waals surface area (Å²) in [5.41, 5.74) is 0.332. The van der Waals surface area contributed by atoms with Crippen LogP contribution in [0.5, 0.6) is 11.5 Å². The van der Waals surface area contributed by atoms with E-state index in [9.17, 15) is 9.59 Å². The van der Waals surface area contributed by atoms with Crippen LogP contribution in [0.15, 0.2) is 42.5 Å². The Kier molecular flexibility index (Phi) is 5.54. The SMILES string of the molecule is C[C@H](OC(=O)[C@H]1COc2ccccc2O1)C(=O)Nc1cc(Cl)ccc1Cl. The molecule has 136 valence electrons. The van der Waals surface area contributed by atoms with Gasteiger partial charge in [-0.1, -0.05) is 35.3 Å². The molecule has 2 aromatic carbocycles. The molecule has 1 aliphatic heterocycles. The first-order valence-electron chi connectivity index (χ1n) is 7.79. The summed E-state index contributed by atoms with van der Waals surface area (Å²) < 4.78 is 16.2. The fourth-order valence-electron chi connectivity index (χ4n) is 2.27. The van der Waals surface area contributed by atoms with Gasteiger partial charge in [0.05, 0.1) is 10.7 Å². The molecule has 1 N–H and O–H groups in total. The number of hydrogen-bond acceptors (Lipinski definition) is 5. The zero-order valence-electron chi connectivity index (χ0n) is 13.7. The Balaban J connectivity index is 1.59. The monoisotopic (exact) mass is 395 g/mol. The van der Waals surface area contributed by atoms with Gasteiger partial charge in [0.1, 0.15) is 6.61 Å². The van der Waals surface area contributed by atoms with Gasteiger partial charge in [-0.25, -0.2) is 4.79 Å². The highest BCUT2D eigenvalue weighted by molar-refractivity contribution is 6.35. The van der Waals surface area contributed by atoms with Gasteiger partial charge in [0.15, 0.2) is 17.6 Å². The van der Waals surface area contributed by atoms with Gasteiger partial charge in [0.2, 0.25) is 6.10 Å². The second-order valence-corrected chi connectivity index (χ2v) is 6.40. The molecule has 26 heavy (non-hydrogen) atoms. The average molecular weight is 396 g/mol. The van der Waals surface area contributed by atoms with Crippen LogP contribution in [0.1, 0.15) is 6.92 Å². The molecule has 2 atom stereocenters. The van der Waals surface area contributed by atoms with Crippen molar-refractivity contribution < 1.29 is 23.8 Å². The largest absolute Gasteiger partial charge is 0.485 e. The first-order chi connectivity index (χ1) is 12.4. The third-order valence-electron chi connectivity index (χ3n) is 3.62. The normalized spacial score (nSPS) is 16.5. The van der Waals surface area contributed by atoms with Gasteiger partial charge in [-0.15, -0.1) is 0 Å². The van der Waals surface area contributed by atoms with Crippen LogP contribution in [0.2, 0.25) is 10.0 Å². The van der Waals surface area contributed by atoms with Gasteiger partial charge in [-0.2, -0.15) is 0 Å². The molecule has 3 rings (SSSR count). The summed E-state index contributed by atoms with van der Waals surface area (Å²) in [4.78, 5) is 24.5. The minimum Gasteiger partial charge on any atom is -0.485 e. The molecule has 0 aliphatic carbocycles. The second-order valence-electron chi connectivity index (χ2n) is 5.56. The number of nitrogens with one attached hydrogen (secondary N) is 1. The smallest absolute Gasteiger partial charge is 0.351 e. The highest BCUT2D eigenvalue weighted by atomic mass is 35.5. The molecule has 2 aromatic rings. The van der Waals surface area contributed by atoms with Crippen molar-refractivity contribution in [3.8, 4) is 11.5 Å². The maximum absolute atomic E-state index is 12.2. The van der Waals surface area contributed by atoms with Crippen LogP contribution in [-0.4, -0.2) is 30.7 Å². The number of carbonyl (C=O) groups is 2. The van der Waals surface area contributed by atoms with E-state index in [1.165, 1.54) is 13.0 Å². The number of rotatable bonds is 4. The Morgan fingerprint density at radius 1 is 1.19 bits per heavy atom. The van der Waals surface area contributed by atoms with Gasteiger partial charge in [-0.05, 0) is 37.3 Å². The molecule has 0 unspecified atom stereocenters. The lowest BCUT2D eigenvalue weighted by atomic mass is 10.2. The van der Waals surface area contributed by atoms with Crippen LogP contribution < -0.4 is 14.8 Å². The number of para-hydroxylation sites is 2. The van der Waals surface area contributed by atoms with Crippen LogP contribution in [0, 0.1) is 0 Å². The Bertz CT molecular complexity index is 842. The van der Waals surface area contributed by atoms with Crippen molar-refractivity contribution >= 4 is 40.8 Å². The molecule has 6 nitrogen and oxygen atoms in total. The quantitative estimate of drug-likeness (QED) is 0.798. The first-order valence-corrected chi connectivity index (χ1v) is 8.54. The minimum absolute atomic E-state index is 0.00427. The van der Waals surface area contributed by atoms with Crippen molar-refractivity contribution in [2.75, 3.05) is 11.9 Å². The van der Waals surface area contributed by atoms with Crippen LogP contribution in [0.3, 0.4) is 0 Å². The average Bonchev–Trinajstić information content (AvgIpc) is 2.64. The number of ether oxygens (including phenoxy) is 3. The van der Waals surface area contributed by atoms with Gasteiger partial charge in [-0.3, -0.25) is 4.79 Å². The Labute approximate surface area is 159 Å². The van der Waals surface area contributed by atoms with Gasteiger partial charge in [0.25, 0.3) is 5.91 Å². The molecule has 0 spiro atoms. The standard InChI is InChI=1S/C18H15Cl2NO5/c1-10(17(22)21-13-8-11(19)6-7-12(13)20)25-18(23)16-9-24-14-4-2-3-5-15(14)26-16/h2-8,10,16H,9H2,1H3,(H,21,22)/t10-,16+/m0/s1. The lowest BCUT2D eigenvalue weighted by Gasteiger charge is -2.25. The molecule has 1 amide bonds. The molecule has 8 heteroatoms. The Hall–Kier alpha value is -2.44. The van der Waals surface area contributed by atoms with E-state index in [4.69, 9.17) is 37.4 Å². The number of anilines is 1. The molecule has 0 aromatic heterocycles. The third kappa shape index (κ3) is 4.20. The summed E-state index contributed by atoms with van der Waals surface area (Å²) in [6.07, 6.45) is -2.01. The zero-order valence-corrected chi connectivity index (χ0v) is 15.2. The van der Waals surface area contributed by atoms with Crippen LogP contribution in [0.25, 0.3) is 0 Å².